The zero-order chi connectivity index (χ0) is 27.0. The van der Waals surface area contributed by atoms with E-state index in [4.69, 9.17) is 4.42 Å². The van der Waals surface area contributed by atoms with Crippen LogP contribution in [-0.4, -0.2) is 27.9 Å². The van der Waals surface area contributed by atoms with Crippen LogP contribution in [0.25, 0.3) is 43.5 Å². The molecule has 0 atom stereocenters. The summed E-state index contributed by atoms with van der Waals surface area (Å²) in [7, 11) is -12.4. The molecule has 5 rings (SSSR count). The largest absolute Gasteiger partial charge is 0.534 e. The van der Waals surface area contributed by atoms with Gasteiger partial charge in [-0.3, -0.25) is 0 Å². The predicted octanol–water partition coefficient (Wildman–Crippen LogP) is 6.35. The molecule has 0 aliphatic heterocycles. The third-order valence-electron chi connectivity index (χ3n) is 5.36. The van der Waals surface area contributed by atoms with E-state index in [1.807, 2.05) is 0 Å². The standard InChI is InChI=1S/C22H10F6O7S2/c23-21(24,25)36(29,30)34-15-9-11-5-1-3-7-13(11)17-18-14-8-4-2-6-12(14)10-16(20(18)33-19(15)17)35-37(31,32)22(26,27)28/h1-10H. The number of hydrogen-bond donors (Lipinski definition) is 0. The quantitative estimate of drug-likeness (QED) is 0.143. The van der Waals surface area contributed by atoms with Crippen molar-refractivity contribution in [2.45, 2.75) is 11.0 Å². The molecule has 0 fully saturated rings. The van der Waals surface area contributed by atoms with Crippen molar-refractivity contribution >= 4 is 63.7 Å². The SMILES string of the molecule is O=S(=O)(Oc1cc2ccccc2c2c1oc1c(OS(=O)(=O)C(F)(F)F)cc3ccccc3c12)C(F)(F)F. The second kappa shape index (κ2) is 7.89. The van der Waals surface area contributed by atoms with E-state index in [1.165, 1.54) is 36.4 Å². The van der Waals surface area contributed by atoms with Crippen LogP contribution in [0, 0.1) is 0 Å². The first-order chi connectivity index (χ1) is 17.1. The Hall–Kier alpha value is -3.72. The van der Waals surface area contributed by atoms with Crippen molar-refractivity contribution in [2.24, 2.45) is 0 Å². The Balaban J connectivity index is 1.96. The monoisotopic (exact) mass is 564 g/mol. The van der Waals surface area contributed by atoms with E-state index in [-0.39, 0.29) is 21.5 Å². The van der Waals surface area contributed by atoms with Crippen molar-refractivity contribution in [2.75, 3.05) is 0 Å². The number of alkyl halides is 6. The fourth-order valence-corrected chi connectivity index (χ4v) is 4.77. The first kappa shape index (κ1) is 25.0. The molecule has 0 radical (unpaired) electrons. The lowest BCUT2D eigenvalue weighted by atomic mass is 9.99. The van der Waals surface area contributed by atoms with Gasteiger partial charge in [0.05, 0.1) is 0 Å². The highest BCUT2D eigenvalue weighted by molar-refractivity contribution is 7.88. The Bertz CT molecular complexity index is 1800. The topological polar surface area (TPSA) is 99.9 Å². The summed E-state index contributed by atoms with van der Waals surface area (Å²) in [4.78, 5) is 0. The zero-order valence-corrected chi connectivity index (χ0v) is 19.3. The molecule has 0 N–H and O–H groups in total. The molecule has 194 valence electrons. The Morgan fingerprint density at radius 2 is 0.946 bits per heavy atom. The van der Waals surface area contributed by atoms with Crippen molar-refractivity contribution in [1.82, 2.24) is 0 Å². The predicted molar refractivity (Wildman–Crippen MR) is 120 cm³/mol. The molecule has 1 aromatic heterocycles. The van der Waals surface area contributed by atoms with E-state index in [2.05, 4.69) is 8.37 Å². The van der Waals surface area contributed by atoms with Crippen LogP contribution in [0.15, 0.2) is 65.1 Å². The first-order valence-electron chi connectivity index (χ1n) is 9.92. The molecular weight excluding hydrogens is 554 g/mol. The second-order valence-electron chi connectivity index (χ2n) is 7.67. The third kappa shape index (κ3) is 3.98. The van der Waals surface area contributed by atoms with Crippen LogP contribution in [0.5, 0.6) is 11.5 Å². The number of hydrogen-bond acceptors (Lipinski definition) is 7. The maximum Gasteiger partial charge on any atom is 0.534 e. The molecule has 4 aromatic carbocycles. The summed E-state index contributed by atoms with van der Waals surface area (Å²) in [5.74, 6) is -1.84. The number of halogens is 6. The average Bonchev–Trinajstić information content (AvgIpc) is 3.19. The van der Waals surface area contributed by atoms with Crippen molar-refractivity contribution in [1.29, 1.82) is 0 Å². The summed E-state index contributed by atoms with van der Waals surface area (Å²) < 4.78 is 140. The van der Waals surface area contributed by atoms with E-state index < -0.39 is 53.9 Å². The molecule has 0 spiro atoms. The lowest BCUT2D eigenvalue weighted by Gasteiger charge is -2.11. The third-order valence-corrected chi connectivity index (χ3v) is 7.29. The van der Waals surface area contributed by atoms with E-state index in [0.29, 0.717) is 10.8 Å². The Morgan fingerprint density at radius 1 is 0.595 bits per heavy atom. The van der Waals surface area contributed by atoms with Gasteiger partial charge in [-0.1, -0.05) is 48.5 Å². The van der Waals surface area contributed by atoms with Crippen molar-refractivity contribution in [3.63, 3.8) is 0 Å². The van der Waals surface area contributed by atoms with Crippen LogP contribution >= 0.6 is 0 Å². The van der Waals surface area contributed by atoms with Crippen LogP contribution in [0.2, 0.25) is 0 Å². The Morgan fingerprint density at radius 3 is 1.30 bits per heavy atom. The molecular formula is C22H10F6O7S2. The minimum absolute atomic E-state index is 0.0356. The fourth-order valence-electron chi connectivity index (χ4n) is 3.86. The highest BCUT2D eigenvalue weighted by Gasteiger charge is 2.50. The number of rotatable bonds is 4. The van der Waals surface area contributed by atoms with E-state index >= 15 is 0 Å². The first-order valence-corrected chi connectivity index (χ1v) is 12.7. The van der Waals surface area contributed by atoms with Gasteiger partial charge in [0.25, 0.3) is 0 Å². The van der Waals surface area contributed by atoms with Crippen LogP contribution in [0.4, 0.5) is 26.3 Å². The molecule has 1 heterocycles. The van der Waals surface area contributed by atoms with Gasteiger partial charge >= 0.3 is 31.3 Å². The molecule has 0 bridgehead atoms. The number of furan rings is 1. The molecule has 0 aliphatic carbocycles. The van der Waals surface area contributed by atoms with E-state index in [9.17, 15) is 43.2 Å². The van der Waals surface area contributed by atoms with Crippen molar-refractivity contribution in [3.05, 3.63) is 60.7 Å². The van der Waals surface area contributed by atoms with Gasteiger partial charge in [-0.2, -0.15) is 43.2 Å². The molecule has 0 unspecified atom stereocenters. The van der Waals surface area contributed by atoms with Gasteiger partial charge in [0.2, 0.25) is 0 Å². The lowest BCUT2D eigenvalue weighted by Crippen LogP contribution is -2.28. The Kier molecular flexibility index (Phi) is 5.32. The summed E-state index contributed by atoms with van der Waals surface area (Å²) in [6.07, 6.45) is 0. The van der Waals surface area contributed by atoms with Gasteiger partial charge in [-0.15, -0.1) is 0 Å². The molecule has 0 saturated heterocycles. The number of benzene rings is 4. The zero-order valence-electron chi connectivity index (χ0n) is 17.7. The minimum atomic E-state index is -6.19. The van der Waals surface area contributed by atoms with Crippen LogP contribution < -0.4 is 8.37 Å². The molecule has 0 saturated carbocycles. The van der Waals surface area contributed by atoms with Gasteiger partial charge in [0, 0.05) is 10.8 Å². The maximum absolute atomic E-state index is 13.1. The van der Waals surface area contributed by atoms with Gasteiger partial charge in [-0.25, -0.2) is 0 Å². The summed E-state index contributed by atoms with van der Waals surface area (Å²) in [5.41, 5.74) is -12.8. The van der Waals surface area contributed by atoms with Crippen LogP contribution in [0.3, 0.4) is 0 Å². The summed E-state index contributed by atoms with van der Waals surface area (Å²) in [6, 6.07) is 13.8. The summed E-state index contributed by atoms with van der Waals surface area (Å²) >= 11 is 0. The molecule has 0 aliphatic rings. The molecule has 7 nitrogen and oxygen atoms in total. The van der Waals surface area contributed by atoms with Gasteiger partial charge in [0.15, 0.2) is 22.7 Å². The highest BCUT2D eigenvalue weighted by atomic mass is 32.2. The molecule has 37 heavy (non-hydrogen) atoms. The fraction of sp³-hybridized carbons (Fsp3) is 0.0909. The number of fused-ring (bicyclic) bond motifs is 7. The molecule has 15 heteroatoms. The van der Waals surface area contributed by atoms with Crippen molar-refractivity contribution in [3.8, 4) is 11.5 Å². The second-order valence-corrected chi connectivity index (χ2v) is 10.7. The van der Waals surface area contributed by atoms with Gasteiger partial charge < -0.3 is 12.8 Å². The molecule has 5 aromatic rings. The van der Waals surface area contributed by atoms with Crippen LogP contribution in [-0.2, 0) is 20.2 Å². The molecule has 0 amide bonds. The Labute approximate surface area is 203 Å². The average molecular weight is 564 g/mol. The highest BCUT2D eigenvalue weighted by Crippen LogP contribution is 2.47. The summed E-state index contributed by atoms with van der Waals surface area (Å²) in [6.45, 7) is 0. The van der Waals surface area contributed by atoms with Crippen LogP contribution in [0.1, 0.15) is 0 Å². The van der Waals surface area contributed by atoms with Crippen molar-refractivity contribution < 1.29 is 56.0 Å². The smallest absolute Gasteiger partial charge is 0.448 e. The van der Waals surface area contributed by atoms with E-state index in [0.717, 1.165) is 12.1 Å². The summed E-state index contributed by atoms with van der Waals surface area (Å²) in [5, 5.41) is 0.924. The van der Waals surface area contributed by atoms with Gasteiger partial charge in [0.1, 0.15) is 0 Å². The maximum atomic E-state index is 13.1. The van der Waals surface area contributed by atoms with E-state index in [1.54, 1.807) is 12.1 Å². The lowest BCUT2D eigenvalue weighted by molar-refractivity contribution is -0.0504. The minimum Gasteiger partial charge on any atom is -0.448 e. The van der Waals surface area contributed by atoms with Gasteiger partial charge in [-0.05, 0) is 33.7 Å². The normalized spacial score (nSPS) is 13.6.